The largest absolute Gasteiger partial charge is 0.459 e. The Morgan fingerprint density at radius 1 is 1.29 bits per heavy atom. The number of nitrogens with zero attached hydrogens (tertiary/aromatic N) is 1. The third-order valence-corrected chi connectivity index (χ3v) is 2.12. The molecule has 0 aliphatic rings. The summed E-state index contributed by atoms with van der Waals surface area (Å²) in [5.74, 6) is -5.03. The number of halogens is 5. The lowest BCUT2D eigenvalue weighted by Crippen LogP contribution is -2.35. The van der Waals surface area contributed by atoms with Crippen LogP contribution in [0.1, 0.15) is 17.4 Å². The molecular formula is C10H9F5NO. The number of hydrogen-bond donors (Lipinski definition) is 0. The fourth-order valence-electron chi connectivity index (χ4n) is 1.20. The molecule has 0 saturated heterocycles. The number of rotatable bonds is 3. The van der Waals surface area contributed by atoms with Gasteiger partial charge in [0.05, 0.1) is 6.10 Å². The molecule has 0 aliphatic heterocycles. The highest BCUT2D eigenvalue weighted by molar-refractivity contribution is 5.28. The Hall–Kier alpha value is -1.24. The summed E-state index contributed by atoms with van der Waals surface area (Å²) in [6, 6.07) is 2.31. The second kappa shape index (κ2) is 4.56. The summed E-state index contributed by atoms with van der Waals surface area (Å²) < 4.78 is 67.6. The molecule has 2 nitrogen and oxygen atoms in total. The van der Waals surface area contributed by atoms with E-state index in [0.717, 1.165) is 19.4 Å². The lowest BCUT2D eigenvalue weighted by molar-refractivity contribution is -0.291. The van der Waals surface area contributed by atoms with Gasteiger partial charge in [0.2, 0.25) is 0 Å². The molecule has 1 unspecified atom stereocenters. The molecule has 1 aromatic rings. The van der Waals surface area contributed by atoms with Crippen molar-refractivity contribution < 1.29 is 26.7 Å². The van der Waals surface area contributed by atoms with Crippen LogP contribution in [0, 0.1) is 6.92 Å². The van der Waals surface area contributed by atoms with Gasteiger partial charge in [-0.05, 0) is 13.0 Å². The van der Waals surface area contributed by atoms with E-state index in [0.29, 0.717) is 0 Å². The third-order valence-electron chi connectivity index (χ3n) is 2.12. The van der Waals surface area contributed by atoms with E-state index in [4.69, 9.17) is 0 Å². The first-order chi connectivity index (χ1) is 7.71. The highest BCUT2D eigenvalue weighted by atomic mass is 19.4. The van der Waals surface area contributed by atoms with Gasteiger partial charge in [-0.2, -0.15) is 22.0 Å². The van der Waals surface area contributed by atoms with Crippen molar-refractivity contribution in [3.63, 3.8) is 0 Å². The van der Waals surface area contributed by atoms with Crippen LogP contribution in [-0.4, -0.2) is 18.3 Å². The van der Waals surface area contributed by atoms with Crippen LogP contribution in [0.15, 0.2) is 18.3 Å². The Morgan fingerprint density at radius 3 is 2.35 bits per heavy atom. The quantitative estimate of drug-likeness (QED) is 0.772. The molecule has 1 aromatic heterocycles. The minimum Gasteiger partial charge on any atom is -0.377 e. The number of methoxy groups -OCH3 is 1. The predicted molar refractivity (Wildman–Crippen MR) is 49.3 cm³/mol. The lowest BCUT2D eigenvalue weighted by Gasteiger charge is -2.23. The number of aromatic nitrogens is 1. The van der Waals surface area contributed by atoms with Gasteiger partial charge >= 0.3 is 12.1 Å². The maximum Gasteiger partial charge on any atom is 0.459 e. The summed E-state index contributed by atoms with van der Waals surface area (Å²) in [5, 5.41) is 0. The molecule has 7 heteroatoms. The third kappa shape index (κ3) is 2.54. The summed E-state index contributed by atoms with van der Waals surface area (Å²) >= 11 is 0. The molecule has 95 valence electrons. The molecule has 1 radical (unpaired) electrons. The predicted octanol–water partition coefficient (Wildman–Crippen LogP) is 3.26. The van der Waals surface area contributed by atoms with Crippen molar-refractivity contribution in [2.45, 2.75) is 18.2 Å². The van der Waals surface area contributed by atoms with Crippen LogP contribution in [0.2, 0.25) is 0 Å². The van der Waals surface area contributed by atoms with Gasteiger partial charge < -0.3 is 4.74 Å². The summed E-state index contributed by atoms with van der Waals surface area (Å²) in [5.41, 5.74) is -1.77. The summed E-state index contributed by atoms with van der Waals surface area (Å²) in [7, 11) is 1.15. The molecule has 0 amide bonds. The first-order valence-electron chi connectivity index (χ1n) is 4.47. The van der Waals surface area contributed by atoms with E-state index in [9.17, 15) is 22.0 Å². The second-order valence-corrected chi connectivity index (χ2v) is 3.24. The van der Waals surface area contributed by atoms with Gasteiger partial charge in [0.15, 0.2) is 0 Å². The zero-order valence-corrected chi connectivity index (χ0v) is 8.76. The second-order valence-electron chi connectivity index (χ2n) is 3.24. The Morgan fingerprint density at radius 2 is 1.88 bits per heavy atom. The van der Waals surface area contributed by atoms with Crippen LogP contribution in [0.5, 0.6) is 0 Å². The molecule has 0 bridgehead atoms. The fourth-order valence-corrected chi connectivity index (χ4v) is 1.20. The van der Waals surface area contributed by atoms with Crippen LogP contribution in [-0.2, 0) is 10.7 Å². The average Bonchev–Trinajstić information content (AvgIpc) is 2.26. The Labute approximate surface area is 94.4 Å². The van der Waals surface area contributed by atoms with Crippen molar-refractivity contribution >= 4 is 0 Å². The van der Waals surface area contributed by atoms with Crippen molar-refractivity contribution in [1.29, 1.82) is 0 Å². The van der Waals surface area contributed by atoms with E-state index in [1.54, 1.807) is 0 Å². The van der Waals surface area contributed by atoms with Crippen molar-refractivity contribution in [2.75, 3.05) is 7.11 Å². The van der Waals surface area contributed by atoms with E-state index in [2.05, 4.69) is 16.6 Å². The Balaban J connectivity index is 3.31. The Bertz CT molecular complexity index is 391. The molecule has 1 heterocycles. The smallest absolute Gasteiger partial charge is 0.377 e. The molecular weight excluding hydrogens is 245 g/mol. The molecule has 0 aliphatic carbocycles. The maximum absolute atomic E-state index is 13.1. The van der Waals surface area contributed by atoms with Crippen molar-refractivity contribution in [3.8, 4) is 0 Å². The summed E-state index contributed by atoms with van der Waals surface area (Å²) in [6.07, 6.45) is -5.99. The normalized spacial score (nSPS) is 14.8. The van der Waals surface area contributed by atoms with Gasteiger partial charge in [0, 0.05) is 18.9 Å². The standard InChI is InChI=1S/C10H9F5NO/c1-6(17-2)7-4-3-5-16-8(7)9(11,12)10(13,14)15/h3-6H,1H2,2H3. The van der Waals surface area contributed by atoms with Gasteiger partial charge in [-0.1, -0.05) is 6.07 Å². The molecule has 1 rings (SSSR count). The fraction of sp³-hybridized carbons (Fsp3) is 0.400. The van der Waals surface area contributed by atoms with Crippen molar-refractivity contribution in [1.82, 2.24) is 4.98 Å². The zero-order valence-electron chi connectivity index (χ0n) is 8.76. The van der Waals surface area contributed by atoms with Gasteiger partial charge in [-0.15, -0.1) is 0 Å². The van der Waals surface area contributed by atoms with Gasteiger partial charge in [-0.3, -0.25) is 4.98 Å². The molecule has 0 fully saturated rings. The molecule has 17 heavy (non-hydrogen) atoms. The van der Waals surface area contributed by atoms with Crippen molar-refractivity contribution in [3.05, 3.63) is 36.5 Å². The van der Waals surface area contributed by atoms with E-state index in [1.807, 2.05) is 0 Å². The van der Waals surface area contributed by atoms with Crippen molar-refractivity contribution in [2.24, 2.45) is 0 Å². The highest BCUT2D eigenvalue weighted by Gasteiger charge is 2.60. The molecule has 1 atom stereocenters. The van der Waals surface area contributed by atoms with E-state index in [-0.39, 0.29) is 0 Å². The zero-order chi connectivity index (χ0) is 13.3. The molecule has 0 aromatic carbocycles. The van der Waals surface area contributed by atoms with Crippen LogP contribution in [0.4, 0.5) is 22.0 Å². The lowest BCUT2D eigenvalue weighted by atomic mass is 10.0. The van der Waals surface area contributed by atoms with Crippen LogP contribution >= 0.6 is 0 Å². The van der Waals surface area contributed by atoms with Gasteiger partial charge in [0.25, 0.3) is 0 Å². The number of ether oxygens (including phenoxy) is 1. The van der Waals surface area contributed by atoms with Gasteiger partial charge in [0.1, 0.15) is 5.69 Å². The molecule has 0 N–H and O–H groups in total. The van der Waals surface area contributed by atoms with Crippen LogP contribution in [0.3, 0.4) is 0 Å². The minimum absolute atomic E-state index is 0.391. The monoisotopic (exact) mass is 254 g/mol. The SMILES string of the molecule is [CH2]C(OC)c1cccnc1C(F)(F)C(F)(F)F. The van der Waals surface area contributed by atoms with Gasteiger partial charge in [-0.25, -0.2) is 0 Å². The molecule has 0 saturated carbocycles. The summed E-state index contributed by atoms with van der Waals surface area (Å²) in [6.45, 7) is 3.32. The van der Waals surface area contributed by atoms with Crippen LogP contribution in [0.25, 0.3) is 0 Å². The average molecular weight is 254 g/mol. The Kier molecular flexibility index (Phi) is 3.71. The number of alkyl halides is 5. The number of hydrogen-bond acceptors (Lipinski definition) is 2. The highest BCUT2D eigenvalue weighted by Crippen LogP contribution is 2.45. The topological polar surface area (TPSA) is 22.1 Å². The first kappa shape index (κ1) is 13.8. The summed E-state index contributed by atoms with van der Waals surface area (Å²) in [4.78, 5) is 3.10. The number of pyridine rings is 1. The minimum atomic E-state index is -5.70. The molecule has 0 spiro atoms. The first-order valence-corrected chi connectivity index (χ1v) is 4.47. The maximum atomic E-state index is 13.1. The van der Waals surface area contributed by atoms with E-state index >= 15 is 0 Å². The van der Waals surface area contributed by atoms with E-state index < -0.39 is 29.5 Å². The van der Waals surface area contributed by atoms with E-state index in [1.165, 1.54) is 6.07 Å². The van der Waals surface area contributed by atoms with Crippen LogP contribution < -0.4 is 0 Å².